The Morgan fingerprint density at radius 1 is 1.26 bits per heavy atom. The van der Waals surface area contributed by atoms with Crippen molar-refractivity contribution < 1.29 is 9.66 Å². The van der Waals surface area contributed by atoms with E-state index in [4.69, 9.17) is 4.74 Å². The van der Waals surface area contributed by atoms with Gasteiger partial charge in [0.2, 0.25) is 0 Å². The van der Waals surface area contributed by atoms with Gasteiger partial charge in [0.25, 0.3) is 5.69 Å². The molecule has 1 N–H and O–H groups in total. The summed E-state index contributed by atoms with van der Waals surface area (Å²) in [5.41, 5.74) is 5.21. The van der Waals surface area contributed by atoms with Crippen LogP contribution in [0.3, 0.4) is 0 Å². The third-order valence-electron chi connectivity index (χ3n) is 5.13. The molecule has 2 heterocycles. The number of benzene rings is 2. The van der Waals surface area contributed by atoms with Crippen LogP contribution in [-0.4, -0.2) is 26.6 Å². The number of allylic oxidation sites excluding steroid dienone is 1. The monoisotopic (exact) mass is 413 g/mol. The lowest BCUT2D eigenvalue weighted by Crippen LogP contribution is -2.00. The number of non-ortho nitro benzene ring substituents is 1. The number of H-pyrrole nitrogens is 1. The summed E-state index contributed by atoms with van der Waals surface area (Å²) in [4.78, 5) is 18.4. The molecule has 0 unspecified atom stereocenters. The van der Waals surface area contributed by atoms with E-state index >= 15 is 0 Å². The van der Waals surface area contributed by atoms with Gasteiger partial charge >= 0.3 is 0 Å². The highest BCUT2D eigenvalue weighted by atomic mass is 16.6. The van der Waals surface area contributed by atoms with Gasteiger partial charge in [-0.3, -0.25) is 10.1 Å². The van der Waals surface area contributed by atoms with Crippen LogP contribution in [0.25, 0.3) is 28.4 Å². The van der Waals surface area contributed by atoms with E-state index in [0.29, 0.717) is 22.8 Å². The number of nitriles is 1. The van der Waals surface area contributed by atoms with Crippen LogP contribution in [0.2, 0.25) is 0 Å². The first-order valence-corrected chi connectivity index (χ1v) is 9.51. The summed E-state index contributed by atoms with van der Waals surface area (Å²) in [6, 6.07) is 16.1. The second kappa shape index (κ2) is 7.80. The van der Waals surface area contributed by atoms with E-state index in [1.54, 1.807) is 19.3 Å². The van der Waals surface area contributed by atoms with Gasteiger partial charge in [0.15, 0.2) is 0 Å². The van der Waals surface area contributed by atoms with Gasteiger partial charge < -0.3 is 14.3 Å². The van der Waals surface area contributed by atoms with Crippen LogP contribution in [-0.2, 0) is 0 Å². The molecular formula is C23H19N5O3. The first kappa shape index (κ1) is 19.9. The van der Waals surface area contributed by atoms with Gasteiger partial charge in [0.05, 0.1) is 34.3 Å². The maximum absolute atomic E-state index is 11.1. The molecule has 0 saturated heterocycles. The maximum Gasteiger partial charge on any atom is 0.271 e. The molecule has 2 aromatic heterocycles. The fourth-order valence-corrected chi connectivity index (χ4v) is 3.63. The first-order chi connectivity index (χ1) is 14.9. The molecule has 0 aliphatic heterocycles. The number of hydrogen-bond donors (Lipinski definition) is 1. The number of nitrogens with one attached hydrogen (secondary N) is 1. The molecule has 0 saturated carbocycles. The van der Waals surface area contributed by atoms with E-state index in [2.05, 4.69) is 16.0 Å². The van der Waals surface area contributed by atoms with Gasteiger partial charge in [-0.05, 0) is 49.8 Å². The Labute approximate surface area is 178 Å². The Hall–Kier alpha value is -4.38. The fourth-order valence-electron chi connectivity index (χ4n) is 3.63. The molecule has 0 amide bonds. The normalized spacial score (nSPS) is 11.5. The summed E-state index contributed by atoms with van der Waals surface area (Å²) >= 11 is 0. The van der Waals surface area contributed by atoms with Crippen LogP contribution >= 0.6 is 0 Å². The summed E-state index contributed by atoms with van der Waals surface area (Å²) in [6.07, 6.45) is 1.77. The molecule has 4 rings (SSSR count). The summed E-state index contributed by atoms with van der Waals surface area (Å²) in [5.74, 6) is 1.16. The predicted octanol–water partition coefficient (Wildman–Crippen LogP) is 4.95. The molecule has 0 radical (unpaired) electrons. The van der Waals surface area contributed by atoms with E-state index < -0.39 is 4.92 Å². The van der Waals surface area contributed by atoms with Crippen LogP contribution in [0.15, 0.2) is 48.5 Å². The standard InChI is InChI=1S/C23H19N5O3/c1-14-9-16(15(2)27(14)18-5-4-6-19(11-18)28(29)30)10-17(13-24)23-25-21-8-7-20(31-3)12-22(21)26-23/h4-12H,1-3H3,(H,25,26)/b17-10-. The zero-order chi connectivity index (χ0) is 22.1. The summed E-state index contributed by atoms with van der Waals surface area (Å²) < 4.78 is 7.17. The molecule has 4 aromatic rings. The molecule has 0 spiro atoms. The number of ether oxygens (including phenoxy) is 1. The fraction of sp³-hybridized carbons (Fsp3) is 0.130. The number of nitrogens with zero attached hydrogens (tertiary/aromatic N) is 4. The van der Waals surface area contributed by atoms with E-state index in [1.807, 2.05) is 48.7 Å². The maximum atomic E-state index is 11.1. The van der Waals surface area contributed by atoms with Crippen molar-refractivity contribution in [3.8, 4) is 17.5 Å². The minimum absolute atomic E-state index is 0.0255. The molecule has 2 aromatic carbocycles. The quantitative estimate of drug-likeness (QED) is 0.283. The number of aryl methyl sites for hydroxylation is 1. The lowest BCUT2D eigenvalue weighted by molar-refractivity contribution is -0.384. The third kappa shape index (κ3) is 3.65. The van der Waals surface area contributed by atoms with Crippen LogP contribution in [0.1, 0.15) is 22.8 Å². The minimum Gasteiger partial charge on any atom is -0.497 e. The average molecular weight is 413 g/mol. The summed E-state index contributed by atoms with van der Waals surface area (Å²) in [7, 11) is 1.59. The second-order valence-electron chi connectivity index (χ2n) is 7.08. The summed E-state index contributed by atoms with van der Waals surface area (Å²) in [6.45, 7) is 3.83. The number of rotatable bonds is 5. The van der Waals surface area contributed by atoms with Crippen molar-refractivity contribution in [1.82, 2.24) is 14.5 Å². The Balaban J connectivity index is 1.78. The first-order valence-electron chi connectivity index (χ1n) is 9.51. The van der Waals surface area contributed by atoms with Crippen molar-refractivity contribution in [3.05, 3.63) is 81.4 Å². The Bertz CT molecular complexity index is 1390. The highest BCUT2D eigenvalue weighted by Gasteiger charge is 2.15. The Morgan fingerprint density at radius 2 is 2.06 bits per heavy atom. The molecule has 8 heteroatoms. The highest BCUT2D eigenvalue weighted by Crippen LogP contribution is 2.27. The lowest BCUT2D eigenvalue weighted by Gasteiger charge is -2.09. The number of hydrogen-bond acceptors (Lipinski definition) is 5. The Kier molecular flexibility index (Phi) is 5.01. The molecule has 0 aliphatic rings. The van der Waals surface area contributed by atoms with Gasteiger partial charge in [0, 0.05) is 29.6 Å². The van der Waals surface area contributed by atoms with Gasteiger partial charge in [-0.2, -0.15) is 5.26 Å². The minimum atomic E-state index is -0.414. The van der Waals surface area contributed by atoms with Gasteiger partial charge in [-0.1, -0.05) is 6.07 Å². The van der Waals surface area contributed by atoms with Crippen LogP contribution in [0.4, 0.5) is 5.69 Å². The molecule has 8 nitrogen and oxygen atoms in total. The van der Waals surface area contributed by atoms with Crippen molar-refractivity contribution in [1.29, 1.82) is 5.26 Å². The number of fused-ring (bicyclic) bond motifs is 1. The van der Waals surface area contributed by atoms with E-state index in [-0.39, 0.29) is 5.69 Å². The Morgan fingerprint density at radius 3 is 2.77 bits per heavy atom. The third-order valence-corrected chi connectivity index (χ3v) is 5.13. The topological polar surface area (TPSA) is 110 Å². The number of nitro groups is 1. The molecule has 31 heavy (non-hydrogen) atoms. The number of nitro benzene ring substituents is 1. The number of aromatic nitrogens is 3. The number of aromatic amines is 1. The lowest BCUT2D eigenvalue weighted by atomic mass is 10.1. The van der Waals surface area contributed by atoms with Gasteiger partial charge in [0.1, 0.15) is 17.6 Å². The smallest absolute Gasteiger partial charge is 0.271 e. The van der Waals surface area contributed by atoms with E-state index in [1.165, 1.54) is 12.1 Å². The molecule has 0 bridgehead atoms. The largest absolute Gasteiger partial charge is 0.497 e. The van der Waals surface area contributed by atoms with Crippen molar-refractivity contribution in [2.75, 3.05) is 7.11 Å². The molecular weight excluding hydrogens is 394 g/mol. The van der Waals surface area contributed by atoms with Crippen molar-refractivity contribution in [2.24, 2.45) is 0 Å². The molecule has 0 aliphatic carbocycles. The van der Waals surface area contributed by atoms with Crippen LogP contribution in [0.5, 0.6) is 5.75 Å². The molecule has 154 valence electrons. The van der Waals surface area contributed by atoms with E-state index in [9.17, 15) is 15.4 Å². The average Bonchev–Trinajstić information content (AvgIpc) is 3.31. The zero-order valence-corrected chi connectivity index (χ0v) is 17.2. The summed E-state index contributed by atoms with van der Waals surface area (Å²) in [5, 5.41) is 20.9. The van der Waals surface area contributed by atoms with Crippen molar-refractivity contribution >= 4 is 28.4 Å². The molecule has 0 fully saturated rings. The van der Waals surface area contributed by atoms with Gasteiger partial charge in [-0.25, -0.2) is 4.98 Å². The second-order valence-corrected chi connectivity index (χ2v) is 7.08. The molecule has 0 atom stereocenters. The van der Waals surface area contributed by atoms with Crippen LogP contribution < -0.4 is 4.74 Å². The predicted molar refractivity (Wildman–Crippen MR) is 118 cm³/mol. The van der Waals surface area contributed by atoms with Crippen LogP contribution in [0, 0.1) is 35.3 Å². The van der Waals surface area contributed by atoms with E-state index in [0.717, 1.165) is 28.0 Å². The number of methoxy groups -OCH3 is 1. The zero-order valence-electron chi connectivity index (χ0n) is 17.2. The SMILES string of the molecule is COc1ccc2nc(/C(C#N)=C\c3cc(C)n(-c4cccc([N+](=O)[O-])c4)c3C)[nH]c2c1. The highest BCUT2D eigenvalue weighted by molar-refractivity contribution is 5.91. The van der Waals surface area contributed by atoms with Crippen molar-refractivity contribution in [2.45, 2.75) is 13.8 Å². The van der Waals surface area contributed by atoms with Gasteiger partial charge in [-0.15, -0.1) is 0 Å². The van der Waals surface area contributed by atoms with Crippen molar-refractivity contribution in [3.63, 3.8) is 0 Å². The number of imidazole rings is 1.